The van der Waals surface area contributed by atoms with Gasteiger partial charge in [0.15, 0.2) is 0 Å². The number of ether oxygens (including phenoxy) is 2. The van der Waals surface area contributed by atoms with Crippen molar-refractivity contribution in [3.63, 3.8) is 0 Å². The number of aliphatic hydroxyl groups is 1. The fourth-order valence-electron chi connectivity index (χ4n) is 1.36. The summed E-state index contributed by atoms with van der Waals surface area (Å²) in [6.07, 6.45) is -0.633. The Morgan fingerprint density at radius 2 is 2.22 bits per heavy atom. The first kappa shape index (κ1) is 14.9. The molecule has 0 aromatic heterocycles. The Labute approximate surface area is 107 Å². The van der Waals surface area contributed by atoms with Gasteiger partial charge in [0.25, 0.3) is 0 Å². The van der Waals surface area contributed by atoms with Gasteiger partial charge >= 0.3 is 0 Å². The van der Waals surface area contributed by atoms with Gasteiger partial charge in [0.1, 0.15) is 24.3 Å². The standard InChI is InChI=1S/C13H20FNO3/c1-10-3-4-12(7-13(10)14)18-9-11(16)8-15-5-6-17-2/h3-4,7,11,15-16H,5-6,8-9H2,1-2H3. The van der Waals surface area contributed by atoms with E-state index in [9.17, 15) is 9.50 Å². The van der Waals surface area contributed by atoms with E-state index in [1.807, 2.05) is 0 Å². The number of hydrogen-bond donors (Lipinski definition) is 2. The van der Waals surface area contributed by atoms with Crippen LogP contribution in [0.3, 0.4) is 0 Å². The minimum atomic E-state index is -0.633. The highest BCUT2D eigenvalue weighted by Gasteiger charge is 2.06. The van der Waals surface area contributed by atoms with Crippen LogP contribution in [0.15, 0.2) is 18.2 Å². The Morgan fingerprint density at radius 3 is 2.89 bits per heavy atom. The lowest BCUT2D eigenvalue weighted by Gasteiger charge is -2.13. The van der Waals surface area contributed by atoms with Crippen molar-refractivity contribution in [1.82, 2.24) is 5.32 Å². The number of benzene rings is 1. The van der Waals surface area contributed by atoms with Gasteiger partial charge in [-0.05, 0) is 18.6 Å². The number of halogens is 1. The molecule has 2 N–H and O–H groups in total. The summed E-state index contributed by atoms with van der Waals surface area (Å²) in [5, 5.41) is 12.6. The molecule has 1 aromatic carbocycles. The molecular weight excluding hydrogens is 237 g/mol. The van der Waals surface area contributed by atoms with E-state index in [-0.39, 0.29) is 12.4 Å². The molecule has 0 saturated carbocycles. The molecule has 102 valence electrons. The first-order valence-corrected chi connectivity index (χ1v) is 5.90. The second-order valence-corrected chi connectivity index (χ2v) is 4.07. The lowest BCUT2D eigenvalue weighted by atomic mass is 10.2. The average Bonchev–Trinajstić information content (AvgIpc) is 2.36. The molecule has 0 spiro atoms. The normalized spacial score (nSPS) is 12.4. The molecular formula is C13H20FNO3. The largest absolute Gasteiger partial charge is 0.491 e. The molecule has 5 heteroatoms. The summed E-state index contributed by atoms with van der Waals surface area (Å²) in [4.78, 5) is 0. The summed E-state index contributed by atoms with van der Waals surface area (Å²) in [7, 11) is 1.62. The van der Waals surface area contributed by atoms with Crippen LogP contribution in [0.2, 0.25) is 0 Å². The van der Waals surface area contributed by atoms with Crippen LogP contribution in [0.4, 0.5) is 4.39 Å². The maximum Gasteiger partial charge on any atom is 0.129 e. The molecule has 0 fully saturated rings. The Balaban J connectivity index is 2.24. The van der Waals surface area contributed by atoms with Crippen molar-refractivity contribution in [2.45, 2.75) is 13.0 Å². The topological polar surface area (TPSA) is 50.7 Å². The molecule has 0 radical (unpaired) electrons. The zero-order chi connectivity index (χ0) is 13.4. The Hall–Kier alpha value is -1.17. The van der Waals surface area contributed by atoms with Gasteiger partial charge in [-0.25, -0.2) is 4.39 Å². The summed E-state index contributed by atoms with van der Waals surface area (Å²) in [6.45, 7) is 3.50. The van der Waals surface area contributed by atoms with E-state index in [1.54, 1.807) is 26.2 Å². The van der Waals surface area contributed by atoms with E-state index in [1.165, 1.54) is 6.07 Å². The number of methoxy groups -OCH3 is 1. The first-order chi connectivity index (χ1) is 8.63. The molecule has 0 bridgehead atoms. The molecule has 1 unspecified atom stereocenters. The highest BCUT2D eigenvalue weighted by Crippen LogP contribution is 2.15. The van der Waals surface area contributed by atoms with E-state index >= 15 is 0 Å². The number of aliphatic hydroxyl groups excluding tert-OH is 1. The van der Waals surface area contributed by atoms with E-state index in [2.05, 4.69) is 5.32 Å². The summed E-state index contributed by atoms with van der Waals surface area (Å²) >= 11 is 0. The monoisotopic (exact) mass is 257 g/mol. The highest BCUT2D eigenvalue weighted by molar-refractivity contribution is 5.27. The van der Waals surface area contributed by atoms with Gasteiger partial charge in [0.2, 0.25) is 0 Å². The van der Waals surface area contributed by atoms with E-state index < -0.39 is 6.10 Å². The zero-order valence-electron chi connectivity index (χ0n) is 10.8. The third-order valence-corrected chi connectivity index (χ3v) is 2.45. The predicted molar refractivity (Wildman–Crippen MR) is 67.4 cm³/mol. The van der Waals surface area contributed by atoms with Crippen LogP contribution >= 0.6 is 0 Å². The molecule has 0 amide bonds. The summed E-state index contributed by atoms with van der Waals surface area (Å²) in [5.74, 6) is 0.120. The third-order valence-electron chi connectivity index (χ3n) is 2.45. The summed E-state index contributed by atoms with van der Waals surface area (Å²) in [6, 6.07) is 4.65. The molecule has 0 saturated heterocycles. The van der Waals surface area contributed by atoms with Crippen LogP contribution in [0.5, 0.6) is 5.75 Å². The summed E-state index contributed by atoms with van der Waals surface area (Å²) in [5.41, 5.74) is 0.573. The van der Waals surface area contributed by atoms with Crippen molar-refractivity contribution >= 4 is 0 Å². The molecule has 18 heavy (non-hydrogen) atoms. The second-order valence-electron chi connectivity index (χ2n) is 4.07. The van der Waals surface area contributed by atoms with E-state index in [0.29, 0.717) is 31.0 Å². The minimum Gasteiger partial charge on any atom is -0.491 e. The van der Waals surface area contributed by atoms with E-state index in [4.69, 9.17) is 9.47 Å². The molecule has 4 nitrogen and oxygen atoms in total. The average molecular weight is 257 g/mol. The van der Waals surface area contributed by atoms with Crippen LogP contribution in [-0.4, -0.2) is 44.6 Å². The van der Waals surface area contributed by atoms with Crippen LogP contribution in [0, 0.1) is 12.7 Å². The van der Waals surface area contributed by atoms with Gasteiger partial charge < -0.3 is 19.9 Å². The van der Waals surface area contributed by atoms with Crippen LogP contribution in [0.1, 0.15) is 5.56 Å². The van der Waals surface area contributed by atoms with Gasteiger partial charge in [-0.3, -0.25) is 0 Å². The predicted octanol–water partition coefficient (Wildman–Crippen LogP) is 1.11. The SMILES string of the molecule is COCCNCC(O)COc1ccc(C)c(F)c1. The molecule has 1 rings (SSSR count). The Kier molecular flexibility index (Phi) is 6.64. The van der Waals surface area contributed by atoms with Crippen molar-refractivity contribution < 1.29 is 19.0 Å². The molecule has 1 aromatic rings. The molecule has 0 aliphatic heterocycles. The Morgan fingerprint density at radius 1 is 1.44 bits per heavy atom. The van der Waals surface area contributed by atoms with Crippen molar-refractivity contribution in [1.29, 1.82) is 0 Å². The van der Waals surface area contributed by atoms with Gasteiger partial charge in [0, 0.05) is 26.3 Å². The third kappa shape index (κ3) is 5.44. The number of hydrogen-bond acceptors (Lipinski definition) is 4. The van der Waals surface area contributed by atoms with Gasteiger partial charge in [-0.15, -0.1) is 0 Å². The lowest BCUT2D eigenvalue weighted by molar-refractivity contribution is 0.103. The van der Waals surface area contributed by atoms with Crippen LogP contribution in [0.25, 0.3) is 0 Å². The van der Waals surface area contributed by atoms with Crippen molar-refractivity contribution in [3.8, 4) is 5.75 Å². The molecule has 0 heterocycles. The van der Waals surface area contributed by atoms with Gasteiger partial charge in [-0.1, -0.05) is 6.07 Å². The van der Waals surface area contributed by atoms with E-state index in [0.717, 1.165) is 0 Å². The number of aryl methyl sites for hydroxylation is 1. The smallest absolute Gasteiger partial charge is 0.129 e. The van der Waals surface area contributed by atoms with Crippen LogP contribution in [-0.2, 0) is 4.74 Å². The zero-order valence-corrected chi connectivity index (χ0v) is 10.8. The fourth-order valence-corrected chi connectivity index (χ4v) is 1.36. The quantitative estimate of drug-likeness (QED) is 0.685. The van der Waals surface area contributed by atoms with Gasteiger partial charge in [0.05, 0.1) is 6.61 Å². The fraction of sp³-hybridized carbons (Fsp3) is 0.538. The number of rotatable bonds is 8. The maximum absolute atomic E-state index is 13.2. The highest BCUT2D eigenvalue weighted by atomic mass is 19.1. The Bertz CT molecular complexity index is 360. The van der Waals surface area contributed by atoms with Gasteiger partial charge in [-0.2, -0.15) is 0 Å². The summed E-state index contributed by atoms with van der Waals surface area (Å²) < 4.78 is 23.4. The van der Waals surface area contributed by atoms with Crippen LogP contribution < -0.4 is 10.1 Å². The minimum absolute atomic E-state index is 0.127. The lowest BCUT2D eigenvalue weighted by Crippen LogP contribution is -2.33. The second kappa shape index (κ2) is 8.02. The van der Waals surface area contributed by atoms with Crippen molar-refractivity contribution in [2.24, 2.45) is 0 Å². The maximum atomic E-state index is 13.2. The van der Waals surface area contributed by atoms with Crippen molar-refractivity contribution in [2.75, 3.05) is 33.4 Å². The molecule has 1 atom stereocenters. The first-order valence-electron chi connectivity index (χ1n) is 5.90. The molecule has 0 aliphatic rings. The molecule has 0 aliphatic carbocycles. The number of nitrogens with one attached hydrogen (secondary N) is 1. The van der Waals surface area contributed by atoms with Crippen molar-refractivity contribution in [3.05, 3.63) is 29.6 Å².